The Kier molecular flexibility index (Phi) is 7.03. The number of benzene rings is 1. The Balaban J connectivity index is 2.13. The van der Waals surface area contributed by atoms with E-state index in [4.69, 9.17) is 5.73 Å². The van der Waals surface area contributed by atoms with Crippen molar-refractivity contribution in [2.75, 3.05) is 6.54 Å². The highest BCUT2D eigenvalue weighted by atomic mass is 19.1. The number of hydrogen-bond acceptors (Lipinski definition) is 2. The second kappa shape index (κ2) is 8.64. The van der Waals surface area contributed by atoms with Crippen LogP contribution in [0.3, 0.4) is 0 Å². The number of halogens is 1. The van der Waals surface area contributed by atoms with Crippen molar-refractivity contribution in [3.63, 3.8) is 0 Å². The molecule has 0 bridgehead atoms. The van der Waals surface area contributed by atoms with Crippen LogP contribution in [-0.4, -0.2) is 12.5 Å². The van der Waals surface area contributed by atoms with E-state index < -0.39 is 0 Å². The van der Waals surface area contributed by atoms with Gasteiger partial charge in [-0.1, -0.05) is 25.0 Å². The molecule has 4 heteroatoms. The molecule has 0 unspecified atom stereocenters. The number of unbranched alkanes of at least 4 members (excludes halogenated alkanes) is 3. The second-order valence-corrected chi connectivity index (χ2v) is 4.36. The smallest absolute Gasteiger partial charge is 0.220 e. The van der Waals surface area contributed by atoms with Gasteiger partial charge in [-0.3, -0.25) is 4.79 Å². The molecule has 0 spiro atoms. The van der Waals surface area contributed by atoms with E-state index in [1.165, 1.54) is 12.1 Å². The highest BCUT2D eigenvalue weighted by Gasteiger charge is 2.01. The molecule has 1 aromatic rings. The first-order valence-electron chi connectivity index (χ1n) is 6.43. The maximum absolute atomic E-state index is 12.9. The molecule has 1 rings (SSSR count). The molecule has 0 saturated carbocycles. The molecule has 0 heterocycles. The predicted molar refractivity (Wildman–Crippen MR) is 70.4 cm³/mol. The van der Waals surface area contributed by atoms with E-state index in [1.54, 1.807) is 12.1 Å². The van der Waals surface area contributed by atoms with Crippen LogP contribution in [-0.2, 0) is 11.3 Å². The van der Waals surface area contributed by atoms with E-state index in [0.717, 1.165) is 31.2 Å². The van der Waals surface area contributed by atoms with Gasteiger partial charge in [0.15, 0.2) is 0 Å². The third-order valence-corrected chi connectivity index (χ3v) is 2.74. The maximum atomic E-state index is 12.9. The Labute approximate surface area is 108 Å². The quantitative estimate of drug-likeness (QED) is 0.698. The summed E-state index contributed by atoms with van der Waals surface area (Å²) in [5.41, 5.74) is 6.17. The molecule has 18 heavy (non-hydrogen) atoms. The lowest BCUT2D eigenvalue weighted by atomic mass is 10.1. The Hall–Kier alpha value is -1.42. The summed E-state index contributed by atoms with van der Waals surface area (Å²) < 4.78 is 12.9. The predicted octanol–water partition coefficient (Wildman–Crippen LogP) is 2.35. The topological polar surface area (TPSA) is 55.1 Å². The van der Waals surface area contributed by atoms with Crippen LogP contribution < -0.4 is 11.1 Å². The average molecular weight is 252 g/mol. The molecule has 0 radical (unpaired) electrons. The number of hydrogen-bond donors (Lipinski definition) is 2. The van der Waals surface area contributed by atoms with Gasteiger partial charge < -0.3 is 11.1 Å². The number of nitrogens with two attached hydrogens (primary N) is 1. The Morgan fingerprint density at radius 3 is 2.72 bits per heavy atom. The fourth-order valence-electron chi connectivity index (χ4n) is 1.72. The largest absolute Gasteiger partial charge is 0.352 e. The Bertz CT molecular complexity index is 369. The van der Waals surface area contributed by atoms with Gasteiger partial charge in [-0.05, 0) is 37.1 Å². The van der Waals surface area contributed by atoms with Crippen molar-refractivity contribution < 1.29 is 9.18 Å². The molecule has 0 atom stereocenters. The Morgan fingerprint density at radius 2 is 2.00 bits per heavy atom. The summed E-state index contributed by atoms with van der Waals surface area (Å²) in [6, 6.07) is 6.26. The molecular formula is C14H21FN2O. The maximum Gasteiger partial charge on any atom is 0.220 e. The first kappa shape index (κ1) is 14.6. The molecule has 100 valence electrons. The standard InChI is InChI=1S/C14H21FN2O/c15-13-7-5-6-12(10-13)11-17-14(18)8-3-1-2-4-9-16/h5-7,10H,1-4,8-9,11,16H2,(H,17,18). The molecule has 0 fully saturated rings. The molecule has 3 nitrogen and oxygen atoms in total. The van der Waals surface area contributed by atoms with Crippen LogP contribution >= 0.6 is 0 Å². The zero-order valence-electron chi connectivity index (χ0n) is 10.6. The number of amides is 1. The van der Waals surface area contributed by atoms with Gasteiger partial charge >= 0.3 is 0 Å². The van der Waals surface area contributed by atoms with Gasteiger partial charge in [-0.25, -0.2) is 4.39 Å². The molecule has 0 aliphatic carbocycles. The molecule has 0 saturated heterocycles. The number of nitrogens with one attached hydrogen (secondary N) is 1. The molecule has 1 aromatic carbocycles. The molecular weight excluding hydrogens is 231 g/mol. The van der Waals surface area contributed by atoms with Gasteiger partial charge in [-0.15, -0.1) is 0 Å². The third-order valence-electron chi connectivity index (χ3n) is 2.74. The van der Waals surface area contributed by atoms with E-state index >= 15 is 0 Å². The lowest BCUT2D eigenvalue weighted by Crippen LogP contribution is -2.22. The normalized spacial score (nSPS) is 10.3. The van der Waals surface area contributed by atoms with Crippen LogP contribution in [0.1, 0.15) is 37.7 Å². The van der Waals surface area contributed by atoms with Crippen LogP contribution in [0.15, 0.2) is 24.3 Å². The van der Waals surface area contributed by atoms with Crippen LogP contribution in [0.5, 0.6) is 0 Å². The lowest BCUT2D eigenvalue weighted by molar-refractivity contribution is -0.121. The molecule has 1 amide bonds. The summed E-state index contributed by atoms with van der Waals surface area (Å²) in [4.78, 5) is 11.5. The molecule has 0 aromatic heterocycles. The van der Waals surface area contributed by atoms with E-state index in [-0.39, 0.29) is 11.7 Å². The van der Waals surface area contributed by atoms with Gasteiger partial charge in [0.05, 0.1) is 0 Å². The van der Waals surface area contributed by atoms with Crippen molar-refractivity contribution in [2.45, 2.75) is 38.6 Å². The number of rotatable bonds is 8. The molecule has 0 aliphatic heterocycles. The van der Waals surface area contributed by atoms with Crippen molar-refractivity contribution in [3.05, 3.63) is 35.6 Å². The van der Waals surface area contributed by atoms with Crippen molar-refractivity contribution in [2.24, 2.45) is 5.73 Å². The van der Waals surface area contributed by atoms with E-state index in [2.05, 4.69) is 5.32 Å². The van der Waals surface area contributed by atoms with E-state index in [1.807, 2.05) is 0 Å². The number of carbonyl (C=O) groups is 1. The van der Waals surface area contributed by atoms with Gasteiger partial charge in [-0.2, -0.15) is 0 Å². The highest BCUT2D eigenvalue weighted by Crippen LogP contribution is 2.04. The van der Waals surface area contributed by atoms with Crippen LogP contribution in [0.4, 0.5) is 4.39 Å². The summed E-state index contributed by atoms with van der Waals surface area (Å²) in [5.74, 6) is -0.254. The van der Waals surface area contributed by atoms with Gasteiger partial charge in [0.2, 0.25) is 5.91 Å². The van der Waals surface area contributed by atoms with E-state index in [0.29, 0.717) is 19.5 Å². The zero-order chi connectivity index (χ0) is 13.2. The van der Waals surface area contributed by atoms with Crippen molar-refractivity contribution >= 4 is 5.91 Å². The fourth-order valence-corrected chi connectivity index (χ4v) is 1.72. The first-order valence-corrected chi connectivity index (χ1v) is 6.43. The summed E-state index contributed by atoms with van der Waals surface area (Å²) in [6.45, 7) is 1.10. The van der Waals surface area contributed by atoms with Gasteiger partial charge in [0.25, 0.3) is 0 Å². The van der Waals surface area contributed by atoms with Gasteiger partial charge in [0.1, 0.15) is 5.82 Å². The average Bonchev–Trinajstić information content (AvgIpc) is 2.36. The minimum Gasteiger partial charge on any atom is -0.352 e. The van der Waals surface area contributed by atoms with Crippen LogP contribution in [0, 0.1) is 5.82 Å². The SMILES string of the molecule is NCCCCCCC(=O)NCc1cccc(F)c1. The van der Waals surface area contributed by atoms with Crippen molar-refractivity contribution in [3.8, 4) is 0 Å². The fraction of sp³-hybridized carbons (Fsp3) is 0.500. The van der Waals surface area contributed by atoms with E-state index in [9.17, 15) is 9.18 Å². The summed E-state index contributed by atoms with van der Waals surface area (Å²) in [7, 11) is 0. The highest BCUT2D eigenvalue weighted by molar-refractivity contribution is 5.75. The van der Waals surface area contributed by atoms with Crippen molar-refractivity contribution in [1.82, 2.24) is 5.32 Å². The van der Waals surface area contributed by atoms with Crippen LogP contribution in [0.2, 0.25) is 0 Å². The van der Waals surface area contributed by atoms with Crippen molar-refractivity contribution in [1.29, 1.82) is 0 Å². The lowest BCUT2D eigenvalue weighted by Gasteiger charge is -2.05. The molecule has 0 aliphatic rings. The minimum atomic E-state index is -0.275. The number of carbonyl (C=O) groups excluding carboxylic acids is 1. The zero-order valence-corrected chi connectivity index (χ0v) is 10.6. The Morgan fingerprint density at radius 1 is 1.22 bits per heavy atom. The monoisotopic (exact) mass is 252 g/mol. The van der Waals surface area contributed by atoms with Gasteiger partial charge in [0, 0.05) is 13.0 Å². The van der Waals surface area contributed by atoms with Crippen LogP contribution in [0.25, 0.3) is 0 Å². The third kappa shape index (κ3) is 6.35. The summed E-state index contributed by atoms with van der Waals surface area (Å²) in [5, 5.41) is 2.79. The second-order valence-electron chi connectivity index (χ2n) is 4.36. The summed E-state index contributed by atoms with van der Waals surface area (Å²) >= 11 is 0. The minimum absolute atomic E-state index is 0.0204. The first-order chi connectivity index (χ1) is 8.72. The summed E-state index contributed by atoms with van der Waals surface area (Å²) in [6.07, 6.45) is 4.54. The molecule has 3 N–H and O–H groups in total.